The topological polar surface area (TPSA) is 61.2 Å². The van der Waals surface area contributed by atoms with Gasteiger partial charge in [0.25, 0.3) is 11.1 Å². The summed E-state index contributed by atoms with van der Waals surface area (Å²) < 4.78 is 0. The van der Waals surface area contributed by atoms with Crippen molar-refractivity contribution in [1.82, 2.24) is 4.90 Å². The summed E-state index contributed by atoms with van der Waals surface area (Å²) in [5, 5.41) is 13.2. The van der Waals surface area contributed by atoms with Gasteiger partial charge in [0.2, 0.25) is 0 Å². The second-order valence-corrected chi connectivity index (χ2v) is 8.26. The Morgan fingerprint density at radius 3 is 2.16 bits per heavy atom. The van der Waals surface area contributed by atoms with Gasteiger partial charge in [0, 0.05) is 0 Å². The van der Waals surface area contributed by atoms with Crippen LogP contribution in [0.2, 0.25) is 0 Å². The lowest BCUT2D eigenvalue weighted by molar-refractivity contribution is -0.123. The Morgan fingerprint density at radius 2 is 1.48 bits per heavy atom. The Balaban J connectivity index is 1.59. The minimum atomic E-state index is -0.334. The van der Waals surface area contributed by atoms with Crippen molar-refractivity contribution in [2.75, 3.05) is 0 Å². The number of nitrogens with zero attached hydrogens (tertiary/aromatic N) is 2. The molecule has 0 saturated carbocycles. The van der Waals surface area contributed by atoms with Crippen molar-refractivity contribution >= 4 is 50.5 Å². The Hall–Kier alpha value is -3.88. The average molecular weight is 420 g/mol. The van der Waals surface area contributed by atoms with Crippen molar-refractivity contribution in [3.05, 3.63) is 100 Å². The fraction of sp³-hybridized carbons (Fsp3) is 0.0385. The molecule has 0 spiro atoms. The van der Waals surface area contributed by atoms with Gasteiger partial charge in [-0.05, 0) is 62.6 Å². The average Bonchev–Trinajstić information content (AvgIpc) is 3.06. The number of carbonyl (C=O) groups is 2. The summed E-state index contributed by atoms with van der Waals surface area (Å²) in [4.78, 5) is 27.4. The Labute approximate surface area is 183 Å². The third-order valence-electron chi connectivity index (χ3n) is 5.43. The van der Waals surface area contributed by atoms with Gasteiger partial charge in [-0.1, -0.05) is 66.7 Å². The zero-order valence-corrected chi connectivity index (χ0v) is 17.2. The molecule has 5 rings (SSSR count). The van der Waals surface area contributed by atoms with Crippen molar-refractivity contribution < 1.29 is 9.59 Å². The second-order valence-electron chi connectivity index (χ2n) is 7.27. The minimum absolute atomic E-state index is 0.0853. The molecule has 0 aromatic heterocycles. The van der Waals surface area contributed by atoms with E-state index in [1.807, 2.05) is 54.6 Å². The number of benzene rings is 4. The molecule has 0 N–H and O–H groups in total. The number of carbonyl (C=O) groups excluding carboxylic acids is 2. The van der Waals surface area contributed by atoms with E-state index in [-0.39, 0.29) is 17.7 Å². The van der Waals surface area contributed by atoms with Crippen LogP contribution >= 0.6 is 11.8 Å². The fourth-order valence-corrected chi connectivity index (χ4v) is 4.73. The first kappa shape index (κ1) is 19.1. The Morgan fingerprint density at radius 1 is 0.871 bits per heavy atom. The minimum Gasteiger partial charge on any atom is -0.268 e. The maximum Gasteiger partial charge on any atom is 0.293 e. The molecule has 1 heterocycles. The normalized spacial score (nSPS) is 15.2. The van der Waals surface area contributed by atoms with Crippen LogP contribution in [0.25, 0.3) is 27.6 Å². The molecule has 2 amide bonds. The van der Waals surface area contributed by atoms with Crippen LogP contribution in [-0.4, -0.2) is 16.0 Å². The van der Waals surface area contributed by atoms with E-state index in [0.717, 1.165) is 38.9 Å². The van der Waals surface area contributed by atoms with Gasteiger partial charge < -0.3 is 0 Å². The number of hydrogen-bond acceptors (Lipinski definition) is 4. The van der Waals surface area contributed by atoms with Crippen LogP contribution in [-0.2, 0) is 11.3 Å². The molecule has 0 unspecified atom stereocenters. The van der Waals surface area contributed by atoms with E-state index in [4.69, 9.17) is 0 Å². The van der Waals surface area contributed by atoms with E-state index < -0.39 is 0 Å². The summed E-state index contributed by atoms with van der Waals surface area (Å²) in [6.07, 6.45) is 1.83. The van der Waals surface area contributed by atoms with Crippen LogP contribution in [0.3, 0.4) is 0 Å². The molecule has 5 heteroatoms. The van der Waals surface area contributed by atoms with Gasteiger partial charge >= 0.3 is 0 Å². The standard InChI is InChI=1S/C26H16N2O2S/c27-15-19-9-1-2-10-20(19)16-28-25(29)24(31-26(28)30)14-23-21-11-5-3-7-17(21)13-18-8-4-6-12-22(18)23/h1-14H,16H2/b24-14+. The van der Waals surface area contributed by atoms with Crippen molar-refractivity contribution in [3.8, 4) is 6.07 Å². The molecule has 148 valence electrons. The van der Waals surface area contributed by atoms with Crippen molar-refractivity contribution in [3.63, 3.8) is 0 Å². The molecule has 0 radical (unpaired) electrons. The van der Waals surface area contributed by atoms with Crippen LogP contribution in [0.1, 0.15) is 16.7 Å². The second kappa shape index (κ2) is 7.75. The Bertz CT molecular complexity index is 1400. The van der Waals surface area contributed by atoms with Gasteiger partial charge in [-0.3, -0.25) is 14.5 Å². The summed E-state index contributed by atoms with van der Waals surface area (Å²) in [5.41, 5.74) is 2.05. The number of rotatable bonds is 3. The highest BCUT2D eigenvalue weighted by molar-refractivity contribution is 8.18. The third kappa shape index (κ3) is 3.37. The van der Waals surface area contributed by atoms with Gasteiger partial charge in [0.1, 0.15) is 0 Å². The van der Waals surface area contributed by atoms with Gasteiger partial charge in [-0.15, -0.1) is 0 Å². The SMILES string of the molecule is N#Cc1ccccc1CN1C(=O)S/C(=C/c2c3ccccc3cc3ccccc23)C1=O. The van der Waals surface area contributed by atoms with Crippen LogP contribution in [0.5, 0.6) is 0 Å². The highest BCUT2D eigenvalue weighted by atomic mass is 32.2. The summed E-state index contributed by atoms with van der Waals surface area (Å²) in [6.45, 7) is 0.0853. The van der Waals surface area contributed by atoms with Gasteiger partial charge in [-0.2, -0.15) is 5.26 Å². The first-order valence-corrected chi connectivity index (χ1v) is 10.6. The van der Waals surface area contributed by atoms with E-state index in [2.05, 4.69) is 12.1 Å². The van der Waals surface area contributed by atoms with E-state index in [0.29, 0.717) is 16.0 Å². The lowest BCUT2D eigenvalue weighted by atomic mass is 9.96. The highest BCUT2D eigenvalue weighted by Crippen LogP contribution is 2.37. The predicted octanol–water partition coefficient (Wildman–Crippen LogP) is 6.10. The molecule has 1 fully saturated rings. The quantitative estimate of drug-likeness (QED) is 0.297. The number of nitriles is 1. The van der Waals surface area contributed by atoms with Crippen LogP contribution in [0, 0.1) is 11.3 Å². The van der Waals surface area contributed by atoms with E-state index in [1.165, 1.54) is 4.90 Å². The molecular weight excluding hydrogens is 404 g/mol. The highest BCUT2D eigenvalue weighted by Gasteiger charge is 2.35. The number of imide groups is 1. The number of fused-ring (bicyclic) bond motifs is 2. The fourth-order valence-electron chi connectivity index (χ4n) is 3.91. The van der Waals surface area contributed by atoms with Crippen molar-refractivity contribution in [2.45, 2.75) is 6.54 Å². The van der Waals surface area contributed by atoms with Crippen LogP contribution in [0.4, 0.5) is 4.79 Å². The molecule has 1 saturated heterocycles. The lowest BCUT2D eigenvalue weighted by Gasteiger charge is -2.13. The molecule has 1 aliphatic rings. The molecular formula is C26H16N2O2S. The van der Waals surface area contributed by atoms with Gasteiger partial charge in [0.05, 0.1) is 23.1 Å². The third-order valence-corrected chi connectivity index (χ3v) is 6.34. The molecule has 4 aromatic rings. The lowest BCUT2D eigenvalue weighted by Crippen LogP contribution is -2.27. The first-order chi connectivity index (χ1) is 15.2. The van der Waals surface area contributed by atoms with Gasteiger partial charge in [-0.25, -0.2) is 0 Å². The zero-order chi connectivity index (χ0) is 21.4. The smallest absolute Gasteiger partial charge is 0.268 e. The van der Waals surface area contributed by atoms with Crippen LogP contribution < -0.4 is 0 Å². The monoisotopic (exact) mass is 420 g/mol. The van der Waals surface area contributed by atoms with E-state index >= 15 is 0 Å². The summed E-state index contributed by atoms with van der Waals surface area (Å²) in [6, 6.07) is 27.3. The number of amides is 2. The van der Waals surface area contributed by atoms with Crippen molar-refractivity contribution in [1.29, 1.82) is 5.26 Å². The zero-order valence-electron chi connectivity index (χ0n) is 16.4. The molecule has 4 nitrogen and oxygen atoms in total. The number of hydrogen-bond donors (Lipinski definition) is 0. The number of thioether (sulfide) groups is 1. The van der Waals surface area contributed by atoms with Crippen LogP contribution in [0.15, 0.2) is 83.8 Å². The first-order valence-electron chi connectivity index (χ1n) is 9.79. The van der Waals surface area contributed by atoms with E-state index in [9.17, 15) is 14.9 Å². The molecule has 0 aliphatic carbocycles. The molecule has 0 bridgehead atoms. The molecule has 31 heavy (non-hydrogen) atoms. The Kier molecular flexibility index (Phi) is 4.78. The summed E-state index contributed by atoms with van der Waals surface area (Å²) >= 11 is 0.942. The van der Waals surface area contributed by atoms with E-state index in [1.54, 1.807) is 24.3 Å². The molecule has 4 aromatic carbocycles. The predicted molar refractivity (Wildman–Crippen MR) is 124 cm³/mol. The summed E-state index contributed by atoms with van der Waals surface area (Å²) in [5.74, 6) is -0.334. The van der Waals surface area contributed by atoms with Crippen molar-refractivity contribution in [2.24, 2.45) is 0 Å². The molecule has 0 atom stereocenters. The maximum atomic E-state index is 13.1. The molecule has 1 aliphatic heterocycles. The van der Waals surface area contributed by atoms with Gasteiger partial charge in [0.15, 0.2) is 0 Å². The largest absolute Gasteiger partial charge is 0.293 e. The summed E-state index contributed by atoms with van der Waals surface area (Å²) in [7, 11) is 0. The maximum absolute atomic E-state index is 13.1.